The van der Waals surface area contributed by atoms with Gasteiger partial charge in [0.2, 0.25) is 0 Å². The molecule has 1 aromatic rings. The van der Waals surface area contributed by atoms with Gasteiger partial charge in [0.1, 0.15) is 0 Å². The van der Waals surface area contributed by atoms with E-state index in [0.29, 0.717) is 11.3 Å². The molecule has 0 bridgehead atoms. The highest BCUT2D eigenvalue weighted by molar-refractivity contribution is 5.70. The minimum absolute atomic E-state index is 0.0797. The van der Waals surface area contributed by atoms with Crippen molar-refractivity contribution in [3.8, 4) is 11.5 Å². The number of aliphatic hydroxyl groups excluding tert-OH is 1. The van der Waals surface area contributed by atoms with Gasteiger partial charge < -0.3 is 19.7 Å². The molecule has 0 spiro atoms. The fraction of sp³-hybridized carbons (Fsp3) is 0.364. The van der Waals surface area contributed by atoms with E-state index in [1.165, 1.54) is 26.4 Å². The van der Waals surface area contributed by atoms with Crippen LogP contribution >= 0.6 is 0 Å². The number of ether oxygens (including phenoxy) is 2. The molecule has 1 rings (SSSR count). The third-order valence-corrected chi connectivity index (χ3v) is 2.18. The molecular weight excluding hydrogens is 212 g/mol. The zero-order chi connectivity index (χ0) is 12.1. The van der Waals surface area contributed by atoms with Crippen molar-refractivity contribution in [3.63, 3.8) is 0 Å². The normalized spacial score (nSPS) is 11.9. The lowest BCUT2D eigenvalue weighted by molar-refractivity contribution is -0.142. The van der Waals surface area contributed by atoms with Gasteiger partial charge in [-0.25, -0.2) is 0 Å². The summed E-state index contributed by atoms with van der Waals surface area (Å²) >= 11 is 0. The number of methoxy groups -OCH3 is 2. The summed E-state index contributed by atoms with van der Waals surface area (Å²) in [6, 6.07) is 4.45. The molecule has 0 aromatic heterocycles. The Kier molecular flexibility index (Phi) is 4.13. The van der Waals surface area contributed by atoms with Crippen LogP contribution in [-0.4, -0.2) is 30.4 Å². The van der Waals surface area contributed by atoms with Gasteiger partial charge >= 0.3 is 5.97 Å². The summed E-state index contributed by atoms with van der Waals surface area (Å²) in [5.41, 5.74) is 0.434. The van der Waals surface area contributed by atoms with Gasteiger partial charge in [-0.15, -0.1) is 0 Å². The van der Waals surface area contributed by atoms with E-state index in [9.17, 15) is 15.0 Å². The minimum atomic E-state index is -0.996. The van der Waals surface area contributed by atoms with Crippen LogP contribution in [-0.2, 0) is 9.53 Å². The zero-order valence-electron chi connectivity index (χ0n) is 9.14. The first-order chi connectivity index (χ1) is 7.58. The predicted octanol–water partition coefficient (Wildman–Crippen LogP) is 0.997. The molecule has 0 unspecified atom stereocenters. The Bertz CT molecular complexity index is 375. The molecule has 0 heterocycles. The highest BCUT2D eigenvalue weighted by Crippen LogP contribution is 2.29. The third kappa shape index (κ3) is 2.87. The number of hydrogen-bond acceptors (Lipinski definition) is 5. The molecule has 16 heavy (non-hydrogen) atoms. The molecule has 0 aliphatic rings. The molecule has 0 saturated heterocycles. The van der Waals surface area contributed by atoms with Crippen LogP contribution in [0.25, 0.3) is 0 Å². The summed E-state index contributed by atoms with van der Waals surface area (Å²) in [5, 5.41) is 19.1. The van der Waals surface area contributed by atoms with E-state index < -0.39 is 12.1 Å². The first kappa shape index (κ1) is 12.3. The molecular formula is C11H14O5. The topological polar surface area (TPSA) is 76.0 Å². The number of esters is 1. The number of phenols is 1. The van der Waals surface area contributed by atoms with Crippen LogP contribution in [0.15, 0.2) is 18.2 Å². The van der Waals surface area contributed by atoms with Crippen molar-refractivity contribution in [2.75, 3.05) is 14.2 Å². The quantitative estimate of drug-likeness (QED) is 0.749. The zero-order valence-corrected chi connectivity index (χ0v) is 9.14. The van der Waals surface area contributed by atoms with Crippen LogP contribution in [0.2, 0.25) is 0 Å². The van der Waals surface area contributed by atoms with Crippen LogP contribution < -0.4 is 4.74 Å². The van der Waals surface area contributed by atoms with E-state index in [1.54, 1.807) is 6.07 Å². The largest absolute Gasteiger partial charge is 0.504 e. The Morgan fingerprint density at radius 3 is 2.62 bits per heavy atom. The number of carbonyl (C=O) groups excluding carboxylic acids is 1. The third-order valence-electron chi connectivity index (χ3n) is 2.18. The summed E-state index contributed by atoms with van der Waals surface area (Å²) in [7, 11) is 2.68. The summed E-state index contributed by atoms with van der Waals surface area (Å²) in [6.07, 6.45) is -1.15. The van der Waals surface area contributed by atoms with E-state index in [2.05, 4.69) is 4.74 Å². The van der Waals surface area contributed by atoms with Gasteiger partial charge in [-0.3, -0.25) is 4.79 Å². The van der Waals surface area contributed by atoms with Crippen LogP contribution in [0.4, 0.5) is 0 Å². The van der Waals surface area contributed by atoms with Crippen LogP contribution in [0.5, 0.6) is 11.5 Å². The maximum absolute atomic E-state index is 10.9. The van der Waals surface area contributed by atoms with Gasteiger partial charge in [-0.1, -0.05) is 6.07 Å². The molecule has 2 N–H and O–H groups in total. The van der Waals surface area contributed by atoms with Crippen molar-refractivity contribution < 1.29 is 24.5 Å². The molecule has 88 valence electrons. The molecule has 0 aliphatic carbocycles. The van der Waals surface area contributed by atoms with Crippen LogP contribution in [0, 0.1) is 0 Å². The number of aliphatic hydroxyl groups is 1. The minimum Gasteiger partial charge on any atom is -0.504 e. The van der Waals surface area contributed by atoms with Crippen molar-refractivity contribution in [1.29, 1.82) is 0 Å². The second-order valence-electron chi connectivity index (χ2n) is 3.23. The van der Waals surface area contributed by atoms with Gasteiger partial charge in [0, 0.05) is 0 Å². The average Bonchev–Trinajstić information content (AvgIpc) is 2.28. The number of benzene rings is 1. The molecule has 1 aromatic carbocycles. The van der Waals surface area contributed by atoms with Gasteiger partial charge in [0.25, 0.3) is 0 Å². The smallest absolute Gasteiger partial charge is 0.308 e. The molecule has 5 nitrogen and oxygen atoms in total. The Morgan fingerprint density at radius 1 is 1.44 bits per heavy atom. The Balaban J connectivity index is 2.80. The van der Waals surface area contributed by atoms with Crippen molar-refractivity contribution in [1.82, 2.24) is 0 Å². The van der Waals surface area contributed by atoms with E-state index in [4.69, 9.17) is 4.74 Å². The fourth-order valence-corrected chi connectivity index (χ4v) is 1.27. The molecule has 1 atom stereocenters. The maximum atomic E-state index is 10.9. The summed E-state index contributed by atoms with van der Waals surface area (Å²) in [5.74, 6) is -0.277. The standard InChI is InChI=1S/C11H14O5/c1-15-10-4-3-7(5-9(10)13)8(12)6-11(14)16-2/h3-5,8,12-13H,6H2,1-2H3/t8-/m0/s1. The average molecular weight is 226 g/mol. The Labute approximate surface area is 93.2 Å². The fourth-order valence-electron chi connectivity index (χ4n) is 1.27. The van der Waals surface area contributed by atoms with Gasteiger partial charge in [-0.2, -0.15) is 0 Å². The van der Waals surface area contributed by atoms with Crippen molar-refractivity contribution in [2.24, 2.45) is 0 Å². The molecule has 0 aliphatic heterocycles. The van der Waals surface area contributed by atoms with E-state index >= 15 is 0 Å². The monoisotopic (exact) mass is 226 g/mol. The van der Waals surface area contributed by atoms with Crippen molar-refractivity contribution >= 4 is 5.97 Å². The lowest BCUT2D eigenvalue weighted by atomic mass is 10.1. The van der Waals surface area contributed by atoms with Gasteiger partial charge in [0.05, 0.1) is 26.7 Å². The first-order valence-corrected chi connectivity index (χ1v) is 4.70. The second-order valence-corrected chi connectivity index (χ2v) is 3.23. The highest BCUT2D eigenvalue weighted by Gasteiger charge is 2.14. The maximum Gasteiger partial charge on any atom is 0.308 e. The molecule has 0 fully saturated rings. The molecule has 0 saturated carbocycles. The van der Waals surface area contributed by atoms with Crippen molar-refractivity contribution in [2.45, 2.75) is 12.5 Å². The molecule has 0 amide bonds. The Hall–Kier alpha value is -1.75. The summed E-state index contributed by atoms with van der Waals surface area (Å²) in [4.78, 5) is 10.9. The Morgan fingerprint density at radius 2 is 2.12 bits per heavy atom. The predicted molar refractivity (Wildman–Crippen MR) is 56.3 cm³/mol. The number of phenolic OH excluding ortho intramolecular Hbond substituents is 1. The summed E-state index contributed by atoms with van der Waals surface area (Å²) < 4.78 is 9.29. The van der Waals surface area contributed by atoms with E-state index in [-0.39, 0.29) is 12.2 Å². The lowest BCUT2D eigenvalue weighted by Crippen LogP contribution is -2.08. The number of hydrogen-bond donors (Lipinski definition) is 2. The SMILES string of the molecule is COC(=O)C[C@H](O)c1ccc(OC)c(O)c1. The van der Waals surface area contributed by atoms with Crippen LogP contribution in [0.1, 0.15) is 18.1 Å². The lowest BCUT2D eigenvalue weighted by Gasteiger charge is -2.11. The second kappa shape index (κ2) is 5.37. The summed E-state index contributed by atoms with van der Waals surface area (Å²) in [6.45, 7) is 0. The highest BCUT2D eigenvalue weighted by atomic mass is 16.5. The van der Waals surface area contributed by atoms with Crippen LogP contribution in [0.3, 0.4) is 0 Å². The number of aromatic hydroxyl groups is 1. The molecule has 0 radical (unpaired) electrons. The van der Waals surface area contributed by atoms with Gasteiger partial charge in [0.15, 0.2) is 11.5 Å². The van der Waals surface area contributed by atoms with Crippen molar-refractivity contribution in [3.05, 3.63) is 23.8 Å². The van der Waals surface area contributed by atoms with E-state index in [1.807, 2.05) is 0 Å². The van der Waals surface area contributed by atoms with Gasteiger partial charge in [-0.05, 0) is 17.7 Å². The van der Waals surface area contributed by atoms with E-state index in [0.717, 1.165) is 0 Å². The molecule has 5 heteroatoms. The number of rotatable bonds is 4. The number of carbonyl (C=O) groups is 1. The first-order valence-electron chi connectivity index (χ1n) is 4.70.